The van der Waals surface area contributed by atoms with Crippen LogP contribution in [0.1, 0.15) is 39.9 Å². The number of thiazole rings is 1. The van der Waals surface area contributed by atoms with Gasteiger partial charge in [-0.15, -0.1) is 11.3 Å². The zero-order chi connectivity index (χ0) is 14.7. The standard InChI is InChI=1S/C17H22N2OS/c1-12-4-3-5-14(10-12)20-9-8-16-19-17(13-6-7-13)15(21-16)11-18-2/h3-5,10,13,18H,6-9,11H2,1-2H3. The number of nitrogens with zero attached hydrogens (tertiary/aromatic N) is 1. The molecule has 0 aliphatic heterocycles. The maximum absolute atomic E-state index is 5.83. The molecule has 3 rings (SSSR count). The Morgan fingerprint density at radius 3 is 2.95 bits per heavy atom. The van der Waals surface area contributed by atoms with E-state index in [4.69, 9.17) is 9.72 Å². The topological polar surface area (TPSA) is 34.1 Å². The molecule has 4 heteroatoms. The van der Waals surface area contributed by atoms with Crippen LogP contribution >= 0.6 is 11.3 Å². The molecule has 1 aromatic heterocycles. The fraction of sp³-hybridized carbons (Fsp3) is 0.471. The number of hydrogen-bond acceptors (Lipinski definition) is 4. The van der Waals surface area contributed by atoms with Crippen LogP contribution in [0.4, 0.5) is 0 Å². The Kier molecular flexibility index (Phi) is 4.56. The number of aryl methyl sites for hydroxylation is 1. The van der Waals surface area contributed by atoms with Gasteiger partial charge in [-0.1, -0.05) is 12.1 Å². The lowest BCUT2D eigenvalue weighted by Crippen LogP contribution is -2.05. The number of ether oxygens (including phenoxy) is 1. The Morgan fingerprint density at radius 1 is 1.38 bits per heavy atom. The second kappa shape index (κ2) is 6.58. The number of rotatable bonds is 7. The summed E-state index contributed by atoms with van der Waals surface area (Å²) >= 11 is 1.84. The van der Waals surface area contributed by atoms with Crippen molar-refractivity contribution in [2.24, 2.45) is 0 Å². The van der Waals surface area contributed by atoms with Gasteiger partial charge in [0.15, 0.2) is 0 Å². The highest BCUT2D eigenvalue weighted by atomic mass is 32.1. The van der Waals surface area contributed by atoms with Gasteiger partial charge in [0.25, 0.3) is 0 Å². The van der Waals surface area contributed by atoms with Crippen molar-refractivity contribution in [2.45, 2.75) is 38.6 Å². The molecule has 0 saturated heterocycles. The summed E-state index contributed by atoms with van der Waals surface area (Å²) in [6, 6.07) is 8.20. The molecule has 112 valence electrons. The van der Waals surface area contributed by atoms with E-state index in [0.717, 1.165) is 24.6 Å². The molecule has 1 saturated carbocycles. The molecular formula is C17H22N2OS. The average molecular weight is 302 g/mol. The fourth-order valence-corrected chi connectivity index (χ4v) is 3.59. The lowest BCUT2D eigenvalue weighted by molar-refractivity contribution is 0.321. The van der Waals surface area contributed by atoms with Gasteiger partial charge in [0.05, 0.1) is 17.3 Å². The van der Waals surface area contributed by atoms with E-state index < -0.39 is 0 Å². The molecule has 0 amide bonds. The zero-order valence-corrected chi connectivity index (χ0v) is 13.5. The second-order valence-electron chi connectivity index (χ2n) is 5.64. The Labute approximate surface area is 130 Å². The van der Waals surface area contributed by atoms with Crippen LogP contribution in [0.5, 0.6) is 5.75 Å². The predicted octanol–water partition coefficient (Wildman–Crippen LogP) is 3.67. The zero-order valence-electron chi connectivity index (χ0n) is 12.7. The third-order valence-corrected chi connectivity index (χ3v) is 4.78. The van der Waals surface area contributed by atoms with E-state index in [1.165, 1.54) is 34.0 Å². The minimum Gasteiger partial charge on any atom is -0.493 e. The summed E-state index contributed by atoms with van der Waals surface area (Å²) in [5.74, 6) is 1.67. The van der Waals surface area contributed by atoms with Crippen LogP contribution < -0.4 is 10.1 Å². The van der Waals surface area contributed by atoms with E-state index in [1.54, 1.807) is 0 Å². The van der Waals surface area contributed by atoms with Crippen molar-refractivity contribution >= 4 is 11.3 Å². The largest absolute Gasteiger partial charge is 0.493 e. The van der Waals surface area contributed by atoms with Crippen molar-refractivity contribution < 1.29 is 4.74 Å². The van der Waals surface area contributed by atoms with Crippen LogP contribution in [-0.4, -0.2) is 18.6 Å². The van der Waals surface area contributed by atoms with Crippen LogP contribution in [0, 0.1) is 6.92 Å². The Hall–Kier alpha value is -1.39. The summed E-state index contributed by atoms with van der Waals surface area (Å²) in [4.78, 5) is 6.25. The van der Waals surface area contributed by atoms with Gasteiger partial charge in [0.2, 0.25) is 0 Å². The minimum absolute atomic E-state index is 0.695. The molecule has 0 radical (unpaired) electrons. The Morgan fingerprint density at radius 2 is 2.24 bits per heavy atom. The van der Waals surface area contributed by atoms with Gasteiger partial charge in [-0.25, -0.2) is 4.98 Å². The maximum atomic E-state index is 5.83. The SMILES string of the molecule is CNCc1sc(CCOc2cccc(C)c2)nc1C1CC1. The fourth-order valence-electron chi connectivity index (χ4n) is 2.45. The monoisotopic (exact) mass is 302 g/mol. The minimum atomic E-state index is 0.695. The molecule has 1 fully saturated rings. The van der Waals surface area contributed by atoms with E-state index in [1.807, 2.05) is 30.5 Å². The number of benzene rings is 1. The van der Waals surface area contributed by atoms with Gasteiger partial charge < -0.3 is 10.1 Å². The van der Waals surface area contributed by atoms with Crippen molar-refractivity contribution in [1.82, 2.24) is 10.3 Å². The van der Waals surface area contributed by atoms with Gasteiger partial charge in [-0.3, -0.25) is 0 Å². The van der Waals surface area contributed by atoms with Gasteiger partial charge >= 0.3 is 0 Å². The van der Waals surface area contributed by atoms with Crippen LogP contribution in [0.25, 0.3) is 0 Å². The number of hydrogen-bond donors (Lipinski definition) is 1. The molecule has 1 heterocycles. The van der Waals surface area contributed by atoms with Crippen LogP contribution in [0.3, 0.4) is 0 Å². The average Bonchev–Trinajstić information content (AvgIpc) is 3.22. The van der Waals surface area contributed by atoms with Gasteiger partial charge in [0, 0.05) is 23.8 Å². The number of nitrogens with one attached hydrogen (secondary N) is 1. The molecule has 1 aliphatic rings. The molecular weight excluding hydrogens is 280 g/mol. The van der Waals surface area contributed by atoms with E-state index in [9.17, 15) is 0 Å². The van der Waals surface area contributed by atoms with Crippen molar-refractivity contribution in [2.75, 3.05) is 13.7 Å². The highest BCUT2D eigenvalue weighted by Gasteiger charge is 2.29. The second-order valence-corrected chi connectivity index (χ2v) is 6.80. The maximum Gasteiger partial charge on any atom is 0.119 e. The Bertz CT molecular complexity index is 605. The van der Waals surface area contributed by atoms with Crippen LogP contribution in [0.2, 0.25) is 0 Å². The molecule has 0 spiro atoms. The normalized spacial score (nSPS) is 14.4. The highest BCUT2D eigenvalue weighted by Crippen LogP contribution is 2.42. The van der Waals surface area contributed by atoms with Crippen LogP contribution in [-0.2, 0) is 13.0 Å². The molecule has 21 heavy (non-hydrogen) atoms. The first-order valence-corrected chi connectivity index (χ1v) is 8.40. The lowest BCUT2D eigenvalue weighted by Gasteiger charge is -2.05. The van der Waals surface area contributed by atoms with Crippen molar-refractivity contribution in [1.29, 1.82) is 0 Å². The Balaban J connectivity index is 1.58. The quantitative estimate of drug-likeness (QED) is 0.847. The third-order valence-electron chi connectivity index (χ3n) is 3.65. The van der Waals surface area contributed by atoms with Gasteiger partial charge in [0.1, 0.15) is 5.75 Å². The molecule has 2 aromatic rings. The molecule has 0 bridgehead atoms. The van der Waals surface area contributed by atoms with Gasteiger partial charge in [-0.2, -0.15) is 0 Å². The summed E-state index contributed by atoms with van der Waals surface area (Å²) in [5, 5.41) is 4.45. The smallest absolute Gasteiger partial charge is 0.119 e. The van der Waals surface area contributed by atoms with Gasteiger partial charge in [-0.05, 0) is 44.5 Å². The molecule has 1 aromatic carbocycles. The molecule has 0 unspecified atom stereocenters. The summed E-state index contributed by atoms with van der Waals surface area (Å²) in [5.41, 5.74) is 2.56. The summed E-state index contributed by atoms with van der Waals surface area (Å²) in [6.45, 7) is 3.71. The predicted molar refractivity (Wildman–Crippen MR) is 87.2 cm³/mol. The van der Waals surface area contributed by atoms with E-state index in [2.05, 4.69) is 24.4 Å². The van der Waals surface area contributed by atoms with E-state index >= 15 is 0 Å². The van der Waals surface area contributed by atoms with E-state index in [0.29, 0.717) is 6.61 Å². The summed E-state index contributed by atoms with van der Waals surface area (Å²) < 4.78 is 5.83. The van der Waals surface area contributed by atoms with Crippen molar-refractivity contribution in [3.8, 4) is 5.75 Å². The summed E-state index contributed by atoms with van der Waals surface area (Å²) in [6.07, 6.45) is 3.50. The number of aromatic nitrogens is 1. The lowest BCUT2D eigenvalue weighted by atomic mass is 10.2. The first kappa shape index (κ1) is 14.5. The highest BCUT2D eigenvalue weighted by molar-refractivity contribution is 7.11. The first-order valence-electron chi connectivity index (χ1n) is 7.59. The van der Waals surface area contributed by atoms with E-state index in [-0.39, 0.29) is 0 Å². The van der Waals surface area contributed by atoms with Crippen molar-refractivity contribution in [3.63, 3.8) is 0 Å². The summed E-state index contributed by atoms with van der Waals surface area (Å²) in [7, 11) is 2.00. The molecule has 1 N–H and O–H groups in total. The molecule has 0 atom stereocenters. The van der Waals surface area contributed by atoms with Crippen molar-refractivity contribution in [3.05, 3.63) is 45.4 Å². The first-order chi connectivity index (χ1) is 10.3. The molecule has 3 nitrogen and oxygen atoms in total. The third kappa shape index (κ3) is 3.83. The molecule has 1 aliphatic carbocycles. The van der Waals surface area contributed by atoms with Crippen LogP contribution in [0.15, 0.2) is 24.3 Å².